The molecule has 0 amide bonds. The summed E-state index contributed by atoms with van der Waals surface area (Å²) < 4.78 is 34.4. The lowest BCUT2D eigenvalue weighted by Gasteiger charge is -2.27. The SMILES string of the molecule is COc1ccccc1-c1ccc([C@H](NS(=O)(=O)c2ccccc2)[C@H](C(=O)O)C(=O)C2CCCN2)cc1. The minimum Gasteiger partial charge on any atom is -0.496 e. The number of methoxy groups -OCH3 is 1. The van der Waals surface area contributed by atoms with Crippen LogP contribution in [0, 0.1) is 5.92 Å². The number of sulfonamides is 1. The predicted molar refractivity (Wildman–Crippen MR) is 135 cm³/mol. The molecule has 3 atom stereocenters. The van der Waals surface area contributed by atoms with Crippen molar-refractivity contribution in [2.24, 2.45) is 5.92 Å². The number of ketones is 1. The van der Waals surface area contributed by atoms with Crippen LogP contribution < -0.4 is 14.8 Å². The maximum atomic E-state index is 13.3. The van der Waals surface area contributed by atoms with Gasteiger partial charge >= 0.3 is 5.97 Å². The first-order valence-electron chi connectivity index (χ1n) is 11.6. The Morgan fingerprint density at radius 1 is 1.00 bits per heavy atom. The van der Waals surface area contributed by atoms with E-state index in [4.69, 9.17) is 4.74 Å². The van der Waals surface area contributed by atoms with E-state index in [1.165, 1.54) is 12.1 Å². The highest BCUT2D eigenvalue weighted by Crippen LogP contribution is 2.33. The molecule has 1 aliphatic rings. The summed E-state index contributed by atoms with van der Waals surface area (Å²) in [6, 6.07) is 20.0. The van der Waals surface area contributed by atoms with Gasteiger partial charge in [0.1, 0.15) is 11.7 Å². The first kappa shape index (κ1) is 25.6. The average Bonchev–Trinajstić information content (AvgIpc) is 3.44. The molecule has 1 saturated heterocycles. The lowest BCUT2D eigenvalue weighted by molar-refractivity contribution is -0.148. The predicted octanol–water partition coefficient (Wildman–Crippen LogP) is 3.40. The molecule has 4 rings (SSSR count). The lowest BCUT2D eigenvalue weighted by atomic mass is 9.86. The molecule has 36 heavy (non-hydrogen) atoms. The number of carboxylic acids is 1. The maximum absolute atomic E-state index is 13.3. The van der Waals surface area contributed by atoms with E-state index in [0.717, 1.165) is 17.5 Å². The van der Waals surface area contributed by atoms with Gasteiger partial charge in [0, 0.05) is 5.56 Å². The standard InChI is InChI=1S/C27H28N2O6S/c1-35-23-12-6-5-10-21(23)18-13-15-19(16-14-18)25(29-36(33,34)20-8-3-2-4-9-20)24(27(31)32)26(30)22-11-7-17-28-22/h2-6,8-10,12-16,22,24-25,28-29H,7,11,17H2,1H3,(H,31,32)/t22?,24-,25-/m0/s1. The van der Waals surface area contributed by atoms with Gasteiger partial charge in [-0.3, -0.25) is 9.59 Å². The van der Waals surface area contributed by atoms with E-state index >= 15 is 0 Å². The number of ether oxygens (including phenoxy) is 1. The third-order valence-electron chi connectivity index (χ3n) is 6.33. The number of para-hydroxylation sites is 1. The van der Waals surface area contributed by atoms with Crippen LogP contribution in [0.5, 0.6) is 5.75 Å². The normalized spacial score (nSPS) is 17.3. The molecule has 0 aliphatic carbocycles. The number of hydrogen-bond donors (Lipinski definition) is 3. The Morgan fingerprint density at radius 3 is 2.28 bits per heavy atom. The minimum atomic E-state index is -4.12. The highest BCUT2D eigenvalue weighted by molar-refractivity contribution is 7.89. The van der Waals surface area contributed by atoms with Crippen LogP contribution in [0.3, 0.4) is 0 Å². The number of carbonyl (C=O) groups excluding carboxylic acids is 1. The van der Waals surface area contributed by atoms with Crippen molar-refractivity contribution < 1.29 is 27.9 Å². The second kappa shape index (κ2) is 11.0. The summed E-state index contributed by atoms with van der Waals surface area (Å²) in [4.78, 5) is 25.7. The van der Waals surface area contributed by atoms with Crippen molar-refractivity contribution in [3.63, 3.8) is 0 Å². The van der Waals surface area contributed by atoms with E-state index in [1.807, 2.05) is 24.3 Å². The molecule has 188 valence electrons. The molecule has 0 saturated carbocycles. The van der Waals surface area contributed by atoms with Gasteiger partial charge in [-0.2, -0.15) is 0 Å². The largest absolute Gasteiger partial charge is 0.496 e. The second-order valence-corrected chi connectivity index (χ2v) is 10.3. The molecule has 8 nitrogen and oxygen atoms in total. The summed E-state index contributed by atoms with van der Waals surface area (Å²) in [5.41, 5.74) is 2.00. The van der Waals surface area contributed by atoms with Gasteiger partial charge in [0.2, 0.25) is 10.0 Å². The molecule has 9 heteroatoms. The van der Waals surface area contributed by atoms with E-state index in [0.29, 0.717) is 24.3 Å². The Kier molecular flexibility index (Phi) is 7.83. The molecule has 1 fully saturated rings. The summed E-state index contributed by atoms with van der Waals surface area (Å²) in [5.74, 6) is -2.88. The molecule has 0 radical (unpaired) electrons. The van der Waals surface area contributed by atoms with Crippen LogP contribution in [0.15, 0.2) is 83.8 Å². The van der Waals surface area contributed by atoms with Crippen molar-refractivity contribution in [2.75, 3.05) is 13.7 Å². The quantitative estimate of drug-likeness (QED) is 0.359. The molecule has 3 aromatic carbocycles. The van der Waals surface area contributed by atoms with Crippen LogP contribution in [0.25, 0.3) is 11.1 Å². The van der Waals surface area contributed by atoms with Crippen LogP contribution in [0.2, 0.25) is 0 Å². The highest BCUT2D eigenvalue weighted by Gasteiger charge is 2.42. The van der Waals surface area contributed by atoms with Gasteiger partial charge in [0.05, 0.1) is 24.1 Å². The fourth-order valence-corrected chi connectivity index (χ4v) is 5.75. The molecular formula is C27H28N2O6S. The second-order valence-electron chi connectivity index (χ2n) is 8.60. The number of benzene rings is 3. The van der Waals surface area contributed by atoms with Crippen molar-refractivity contribution in [3.8, 4) is 16.9 Å². The maximum Gasteiger partial charge on any atom is 0.316 e. The number of carboxylic acid groups (broad SMARTS) is 1. The Hall–Kier alpha value is -3.53. The van der Waals surface area contributed by atoms with Crippen LogP contribution in [-0.4, -0.2) is 45.0 Å². The van der Waals surface area contributed by atoms with Crippen molar-refractivity contribution >= 4 is 21.8 Å². The Labute approximate surface area is 210 Å². The van der Waals surface area contributed by atoms with Gasteiger partial charge in [-0.15, -0.1) is 0 Å². The summed E-state index contributed by atoms with van der Waals surface area (Å²) in [6.07, 6.45) is 1.25. The smallest absolute Gasteiger partial charge is 0.316 e. The van der Waals surface area contributed by atoms with Crippen molar-refractivity contribution in [1.29, 1.82) is 0 Å². The summed E-state index contributed by atoms with van der Waals surface area (Å²) in [6.45, 7) is 0.608. The zero-order chi connectivity index (χ0) is 25.7. The van der Waals surface area contributed by atoms with Gasteiger partial charge in [0.15, 0.2) is 5.78 Å². The average molecular weight is 509 g/mol. The van der Waals surface area contributed by atoms with Crippen molar-refractivity contribution in [1.82, 2.24) is 10.0 Å². The van der Waals surface area contributed by atoms with E-state index < -0.39 is 39.8 Å². The molecule has 1 heterocycles. The number of aliphatic carboxylic acids is 1. The molecule has 0 bridgehead atoms. The lowest BCUT2D eigenvalue weighted by Crippen LogP contribution is -2.46. The third-order valence-corrected chi connectivity index (χ3v) is 7.79. The molecule has 3 aromatic rings. The zero-order valence-corrected chi connectivity index (χ0v) is 20.6. The Bertz CT molecular complexity index is 1320. The topological polar surface area (TPSA) is 122 Å². The first-order valence-corrected chi connectivity index (χ1v) is 13.1. The number of carbonyl (C=O) groups is 2. The van der Waals surface area contributed by atoms with Gasteiger partial charge < -0.3 is 15.2 Å². The fourth-order valence-electron chi connectivity index (χ4n) is 4.49. The summed E-state index contributed by atoms with van der Waals surface area (Å²) >= 11 is 0. The number of rotatable bonds is 10. The molecule has 1 aliphatic heterocycles. The number of Topliss-reactive ketones (excluding diaryl/α,β-unsaturated/α-hetero) is 1. The Morgan fingerprint density at radius 2 is 1.67 bits per heavy atom. The van der Waals surface area contributed by atoms with Gasteiger partial charge in [-0.05, 0) is 48.7 Å². The van der Waals surface area contributed by atoms with Gasteiger partial charge in [-0.1, -0.05) is 60.7 Å². The minimum absolute atomic E-state index is 0.0174. The molecule has 0 aromatic heterocycles. The zero-order valence-electron chi connectivity index (χ0n) is 19.8. The summed E-state index contributed by atoms with van der Waals surface area (Å²) in [5, 5.41) is 13.1. The molecule has 1 unspecified atom stereocenters. The van der Waals surface area contributed by atoms with E-state index in [9.17, 15) is 23.1 Å². The third kappa shape index (κ3) is 5.48. The number of hydrogen-bond acceptors (Lipinski definition) is 6. The first-order chi connectivity index (χ1) is 17.3. The van der Waals surface area contributed by atoms with E-state index in [-0.39, 0.29) is 4.90 Å². The van der Waals surface area contributed by atoms with Crippen LogP contribution in [-0.2, 0) is 19.6 Å². The monoisotopic (exact) mass is 508 g/mol. The summed E-state index contributed by atoms with van der Waals surface area (Å²) in [7, 11) is -2.55. The van der Waals surface area contributed by atoms with Crippen LogP contribution >= 0.6 is 0 Å². The van der Waals surface area contributed by atoms with Crippen molar-refractivity contribution in [2.45, 2.75) is 29.8 Å². The van der Waals surface area contributed by atoms with Gasteiger partial charge in [0.25, 0.3) is 0 Å². The van der Waals surface area contributed by atoms with E-state index in [2.05, 4.69) is 10.0 Å². The molecule has 3 N–H and O–H groups in total. The molecular weight excluding hydrogens is 480 g/mol. The fraction of sp³-hybridized carbons (Fsp3) is 0.259. The highest BCUT2D eigenvalue weighted by atomic mass is 32.2. The van der Waals surface area contributed by atoms with Crippen LogP contribution in [0.1, 0.15) is 24.4 Å². The molecule has 0 spiro atoms. The number of nitrogens with one attached hydrogen (secondary N) is 2. The van der Waals surface area contributed by atoms with E-state index in [1.54, 1.807) is 49.6 Å². The van der Waals surface area contributed by atoms with Gasteiger partial charge in [-0.25, -0.2) is 13.1 Å². The Balaban J connectivity index is 1.75. The van der Waals surface area contributed by atoms with Crippen LogP contribution in [0.4, 0.5) is 0 Å². The van der Waals surface area contributed by atoms with Crippen molar-refractivity contribution in [3.05, 3.63) is 84.4 Å².